The molecule has 0 saturated heterocycles. The number of hydrogen-bond acceptors (Lipinski definition) is 4. The Balaban J connectivity index is 2.17. The van der Waals surface area contributed by atoms with Crippen molar-refractivity contribution in [1.82, 2.24) is 9.78 Å². The van der Waals surface area contributed by atoms with Gasteiger partial charge in [-0.15, -0.1) is 0 Å². The number of benzene rings is 1. The van der Waals surface area contributed by atoms with Crippen molar-refractivity contribution in [2.24, 2.45) is 5.73 Å². The minimum atomic E-state index is -3.79. The van der Waals surface area contributed by atoms with Crippen LogP contribution in [0.2, 0.25) is 5.02 Å². The topological polar surface area (TPSA) is 90.0 Å². The molecule has 114 valence electrons. The van der Waals surface area contributed by atoms with E-state index in [0.29, 0.717) is 19.5 Å². The van der Waals surface area contributed by atoms with Crippen LogP contribution < -0.4 is 10.5 Å². The summed E-state index contributed by atoms with van der Waals surface area (Å²) in [6.45, 7) is 1.03. The van der Waals surface area contributed by atoms with Gasteiger partial charge in [0.15, 0.2) is 0 Å². The zero-order valence-electron chi connectivity index (χ0n) is 11.0. The molecule has 1 heterocycles. The van der Waals surface area contributed by atoms with Crippen molar-refractivity contribution in [3.8, 4) is 0 Å². The van der Waals surface area contributed by atoms with E-state index < -0.39 is 15.8 Å². The molecule has 21 heavy (non-hydrogen) atoms. The summed E-state index contributed by atoms with van der Waals surface area (Å²) in [6, 6.07) is 3.58. The van der Waals surface area contributed by atoms with Gasteiger partial charge in [0.25, 0.3) is 10.0 Å². The summed E-state index contributed by atoms with van der Waals surface area (Å²) in [5.41, 5.74) is 5.56. The Morgan fingerprint density at radius 2 is 2.19 bits per heavy atom. The average molecular weight is 333 g/mol. The fourth-order valence-electron chi connectivity index (χ4n) is 1.63. The number of aromatic nitrogens is 2. The molecule has 0 aliphatic carbocycles. The second-order valence-corrected chi connectivity index (χ2v) is 6.41. The highest BCUT2D eigenvalue weighted by Crippen LogP contribution is 2.22. The lowest BCUT2D eigenvalue weighted by Crippen LogP contribution is -2.12. The highest BCUT2D eigenvalue weighted by atomic mass is 35.5. The molecule has 0 atom stereocenters. The van der Waals surface area contributed by atoms with E-state index in [1.165, 1.54) is 29.2 Å². The molecule has 9 heteroatoms. The quantitative estimate of drug-likeness (QED) is 0.844. The Bertz CT molecular complexity index is 733. The minimum absolute atomic E-state index is 0.0139. The molecule has 2 rings (SSSR count). The van der Waals surface area contributed by atoms with Crippen molar-refractivity contribution in [3.63, 3.8) is 0 Å². The molecule has 3 N–H and O–H groups in total. The molecule has 0 aliphatic rings. The van der Waals surface area contributed by atoms with Gasteiger partial charge in [-0.1, -0.05) is 11.6 Å². The molecule has 0 bridgehead atoms. The van der Waals surface area contributed by atoms with Crippen LogP contribution in [-0.4, -0.2) is 24.7 Å². The maximum Gasteiger partial charge on any atom is 0.265 e. The third-order valence-corrected chi connectivity index (χ3v) is 4.31. The van der Waals surface area contributed by atoms with Crippen LogP contribution in [0.4, 0.5) is 10.1 Å². The smallest absolute Gasteiger partial charge is 0.265 e. The van der Waals surface area contributed by atoms with E-state index >= 15 is 0 Å². The van der Waals surface area contributed by atoms with Gasteiger partial charge in [-0.2, -0.15) is 5.10 Å². The summed E-state index contributed by atoms with van der Waals surface area (Å²) < 4.78 is 41.2. The second-order valence-electron chi connectivity index (χ2n) is 4.32. The Morgan fingerprint density at radius 3 is 2.86 bits per heavy atom. The number of hydrogen-bond donors (Lipinski definition) is 2. The van der Waals surface area contributed by atoms with Crippen molar-refractivity contribution >= 4 is 27.3 Å². The molecule has 0 aliphatic heterocycles. The lowest BCUT2D eigenvalue weighted by Gasteiger charge is -2.06. The molecule has 6 nitrogen and oxygen atoms in total. The van der Waals surface area contributed by atoms with E-state index in [4.69, 9.17) is 17.3 Å². The SMILES string of the molecule is NCCCn1cc(S(=O)(=O)Nc2ccc(F)c(Cl)c2)cn1. The van der Waals surface area contributed by atoms with Crippen molar-refractivity contribution < 1.29 is 12.8 Å². The number of halogens is 2. The summed E-state index contributed by atoms with van der Waals surface area (Å²) in [4.78, 5) is 0.0139. The fourth-order valence-corrected chi connectivity index (χ4v) is 2.81. The molecule has 1 aromatic heterocycles. The van der Waals surface area contributed by atoms with Gasteiger partial charge in [-0.05, 0) is 31.2 Å². The normalized spacial score (nSPS) is 11.6. The molecule has 0 unspecified atom stereocenters. The predicted octanol–water partition coefficient (Wildman–Crippen LogP) is 1.83. The van der Waals surface area contributed by atoms with Gasteiger partial charge in [0, 0.05) is 12.7 Å². The number of sulfonamides is 1. The predicted molar refractivity (Wildman–Crippen MR) is 78.1 cm³/mol. The standard InChI is InChI=1S/C12H14ClFN4O2S/c13-11-6-9(2-3-12(11)14)17-21(19,20)10-7-16-18(8-10)5-1-4-15/h2-3,6-8,17H,1,4-5,15H2. The number of rotatable bonds is 6. The zero-order chi connectivity index (χ0) is 15.5. The monoisotopic (exact) mass is 332 g/mol. The van der Waals surface area contributed by atoms with Crippen molar-refractivity contribution in [1.29, 1.82) is 0 Å². The molecular weight excluding hydrogens is 319 g/mol. The molecule has 0 spiro atoms. The van der Waals surface area contributed by atoms with Crippen LogP contribution in [0.3, 0.4) is 0 Å². The molecule has 0 saturated carbocycles. The molecule has 0 radical (unpaired) electrons. The molecule has 2 aromatic rings. The third-order valence-electron chi connectivity index (χ3n) is 2.68. The zero-order valence-corrected chi connectivity index (χ0v) is 12.5. The molecule has 1 aromatic carbocycles. The van der Waals surface area contributed by atoms with Gasteiger partial charge in [0.1, 0.15) is 10.7 Å². The van der Waals surface area contributed by atoms with Crippen LogP contribution in [-0.2, 0) is 16.6 Å². The number of aryl methyl sites for hydroxylation is 1. The fraction of sp³-hybridized carbons (Fsp3) is 0.250. The van der Waals surface area contributed by atoms with E-state index in [1.807, 2.05) is 0 Å². The van der Waals surface area contributed by atoms with Crippen LogP contribution in [0.5, 0.6) is 0 Å². The lowest BCUT2D eigenvalue weighted by atomic mass is 10.3. The minimum Gasteiger partial charge on any atom is -0.330 e. The van der Waals surface area contributed by atoms with Crippen molar-refractivity contribution in [3.05, 3.63) is 41.4 Å². The van der Waals surface area contributed by atoms with Crippen LogP contribution in [0.15, 0.2) is 35.5 Å². The maximum absolute atomic E-state index is 13.0. The number of anilines is 1. The van der Waals surface area contributed by atoms with Crippen molar-refractivity contribution in [2.45, 2.75) is 17.9 Å². The molecular formula is C12H14ClFN4O2S. The first-order chi connectivity index (χ1) is 9.92. The van der Waals surface area contributed by atoms with Gasteiger partial charge in [-0.3, -0.25) is 9.40 Å². The first kappa shape index (κ1) is 15.7. The van der Waals surface area contributed by atoms with Crippen molar-refractivity contribution in [2.75, 3.05) is 11.3 Å². The Hall–Kier alpha value is -1.64. The Kier molecular flexibility index (Phi) is 4.81. The Morgan fingerprint density at radius 1 is 1.43 bits per heavy atom. The average Bonchev–Trinajstić information content (AvgIpc) is 2.90. The van der Waals surface area contributed by atoms with E-state index in [9.17, 15) is 12.8 Å². The number of nitrogens with zero attached hydrogens (tertiary/aromatic N) is 2. The second kappa shape index (κ2) is 6.42. The number of nitrogens with one attached hydrogen (secondary N) is 1. The molecule has 0 amide bonds. The summed E-state index contributed by atoms with van der Waals surface area (Å²) in [7, 11) is -3.79. The summed E-state index contributed by atoms with van der Waals surface area (Å²) in [6.07, 6.45) is 3.34. The first-order valence-corrected chi connectivity index (χ1v) is 7.99. The van der Waals surface area contributed by atoms with Gasteiger partial charge >= 0.3 is 0 Å². The van der Waals surface area contributed by atoms with Crippen LogP contribution >= 0.6 is 11.6 Å². The number of nitrogens with two attached hydrogens (primary N) is 1. The van der Waals surface area contributed by atoms with Gasteiger partial charge in [0.05, 0.1) is 16.9 Å². The third kappa shape index (κ3) is 3.93. The summed E-state index contributed by atoms with van der Waals surface area (Å²) in [5, 5.41) is 3.79. The van der Waals surface area contributed by atoms with E-state index in [0.717, 1.165) is 6.07 Å². The van der Waals surface area contributed by atoms with E-state index in [-0.39, 0.29) is 15.6 Å². The van der Waals surface area contributed by atoms with Gasteiger partial charge < -0.3 is 5.73 Å². The van der Waals surface area contributed by atoms with Gasteiger partial charge in [0.2, 0.25) is 0 Å². The van der Waals surface area contributed by atoms with Gasteiger partial charge in [-0.25, -0.2) is 12.8 Å². The maximum atomic E-state index is 13.0. The first-order valence-electron chi connectivity index (χ1n) is 6.13. The highest BCUT2D eigenvalue weighted by Gasteiger charge is 2.17. The Labute approximate surface area is 126 Å². The molecule has 0 fully saturated rings. The van der Waals surface area contributed by atoms with Crippen LogP contribution in [0.1, 0.15) is 6.42 Å². The van der Waals surface area contributed by atoms with Crippen LogP contribution in [0, 0.1) is 5.82 Å². The van der Waals surface area contributed by atoms with E-state index in [1.54, 1.807) is 0 Å². The van der Waals surface area contributed by atoms with E-state index in [2.05, 4.69) is 9.82 Å². The summed E-state index contributed by atoms with van der Waals surface area (Å²) in [5.74, 6) is -0.616. The highest BCUT2D eigenvalue weighted by molar-refractivity contribution is 7.92. The van der Waals surface area contributed by atoms with Crippen LogP contribution in [0.25, 0.3) is 0 Å². The largest absolute Gasteiger partial charge is 0.330 e. The summed E-state index contributed by atoms with van der Waals surface area (Å²) >= 11 is 5.61. The lowest BCUT2D eigenvalue weighted by molar-refractivity contribution is 0.582.